The molecule has 0 aliphatic carbocycles. The van der Waals surface area contributed by atoms with Gasteiger partial charge in [-0.2, -0.15) is 0 Å². The van der Waals surface area contributed by atoms with Gasteiger partial charge in [0.1, 0.15) is 0 Å². The van der Waals surface area contributed by atoms with Crippen molar-refractivity contribution in [1.82, 2.24) is 0 Å². The molecule has 0 heterocycles. The van der Waals surface area contributed by atoms with Crippen LogP contribution in [0.5, 0.6) is 0 Å². The van der Waals surface area contributed by atoms with Gasteiger partial charge in [0.15, 0.2) is 0 Å². The van der Waals surface area contributed by atoms with Gasteiger partial charge in [-0.25, -0.2) is 0 Å². The fourth-order valence-corrected chi connectivity index (χ4v) is 175. The van der Waals surface area contributed by atoms with Crippen molar-refractivity contribution in [3.63, 3.8) is 0 Å². The van der Waals surface area contributed by atoms with E-state index in [2.05, 4.69) is 364 Å². The molecule has 5 heteroatoms. The summed E-state index contributed by atoms with van der Waals surface area (Å²) in [7, 11) is 0. The first kappa shape index (κ1) is 50.8. The van der Waals surface area contributed by atoms with Crippen LogP contribution in [0.25, 0.3) is 0 Å². The molecule has 386 valence electrons. The van der Waals surface area contributed by atoms with E-state index in [4.69, 9.17) is 0 Å². The fraction of sp³-hybridized carbons (Fsp3) is 0. The summed E-state index contributed by atoms with van der Waals surface area (Å²) in [6.07, 6.45) is 0. The summed E-state index contributed by atoms with van der Waals surface area (Å²) in [4.78, 5) is 0. The van der Waals surface area contributed by atoms with E-state index in [-0.39, 0.29) is 0 Å². The van der Waals surface area contributed by atoms with E-state index in [0.29, 0.717) is 0 Å². The van der Waals surface area contributed by atoms with Gasteiger partial charge in [0.2, 0.25) is 0 Å². The molecule has 0 saturated carbocycles. The Labute approximate surface area is 459 Å². The van der Waals surface area contributed by atoms with Crippen molar-refractivity contribution in [2.45, 2.75) is 0 Å². The minimum absolute atomic E-state index is 1.45. The average Bonchev–Trinajstić information content (AvgIpc) is 3.71. The van der Waals surface area contributed by atoms with Crippen LogP contribution >= 0.6 is 21.8 Å². The van der Waals surface area contributed by atoms with Crippen LogP contribution in [0.1, 0.15) is 0 Å². The van der Waals surface area contributed by atoms with Crippen molar-refractivity contribution in [2.75, 3.05) is 0 Å². The quantitative estimate of drug-likeness (QED) is 0.0668. The molecule has 0 radical (unpaired) electrons. The molecule has 12 aromatic rings. The average molecular weight is 1160 g/mol. The molecule has 0 atom stereocenters. The zero-order chi connectivity index (χ0) is 51.9. The maximum atomic E-state index is 2.59. The molecule has 0 aromatic heterocycles. The number of hydrogen-bond acceptors (Lipinski definition) is 0. The van der Waals surface area contributed by atoms with Gasteiger partial charge >= 0.3 is 463 Å². The number of hydrogen-bond donors (Lipinski definition) is 0. The summed E-state index contributed by atoms with van der Waals surface area (Å²) < 4.78 is 0. The molecule has 0 fully saturated rings. The predicted octanol–water partition coefficient (Wildman–Crippen LogP) is 12.7. The Morgan fingerprint density at radius 3 is 0.273 bits per heavy atom. The van der Waals surface area contributed by atoms with Gasteiger partial charge in [0.05, 0.1) is 0 Å². The molecule has 0 aliphatic rings. The van der Waals surface area contributed by atoms with E-state index in [0.717, 1.165) is 0 Å². The van der Waals surface area contributed by atoms with Crippen LogP contribution in [0, 0.1) is 0 Å². The van der Waals surface area contributed by atoms with Crippen molar-refractivity contribution < 1.29 is 13.6 Å². The molecule has 12 aromatic carbocycles. The second-order valence-corrected chi connectivity index (χ2v) is 69.9. The molecule has 0 nitrogen and oxygen atoms in total. The van der Waals surface area contributed by atoms with Gasteiger partial charge in [-0.05, 0) is 0 Å². The molecule has 0 saturated heterocycles. The molecule has 0 aliphatic heterocycles. The summed E-state index contributed by atoms with van der Waals surface area (Å²) in [5.41, 5.74) is -15.7. The molecule has 0 N–H and O–H groups in total. The van der Waals surface area contributed by atoms with Crippen molar-refractivity contribution in [2.24, 2.45) is 0 Å². The summed E-state index contributed by atoms with van der Waals surface area (Å²) in [6, 6.07) is 146. The van der Waals surface area contributed by atoms with Crippen LogP contribution in [0.4, 0.5) is 0 Å². The second-order valence-electron chi connectivity index (χ2n) is 19.3. The van der Waals surface area contributed by atoms with Crippen LogP contribution in [-0.2, 0) is 13.6 Å². The second kappa shape index (κ2) is 22.5. The van der Waals surface area contributed by atoms with Crippen LogP contribution in [0.15, 0.2) is 364 Å². The molecular weight excluding hydrogens is 1100 g/mol. The van der Waals surface area contributed by atoms with Crippen LogP contribution in [-0.4, -0.2) is 0 Å². The Kier molecular flexibility index (Phi) is 14.9. The van der Waals surface area contributed by atoms with Gasteiger partial charge in [0, 0.05) is 0 Å². The van der Waals surface area contributed by atoms with Gasteiger partial charge < -0.3 is 0 Å². The Hall–Kier alpha value is -6.98. The van der Waals surface area contributed by atoms with E-state index in [1.807, 2.05) is 0 Å². The molecule has 0 bridgehead atoms. The Morgan fingerprint density at radius 2 is 0.195 bits per heavy atom. The summed E-state index contributed by atoms with van der Waals surface area (Å²) >= 11 is -4.52. The van der Waals surface area contributed by atoms with Crippen LogP contribution < -0.4 is 63.7 Å². The van der Waals surface area contributed by atoms with Gasteiger partial charge in [0.25, 0.3) is 0 Å². The first-order valence-electron chi connectivity index (χ1n) is 26.6. The van der Waals surface area contributed by atoms with Crippen LogP contribution in [0.3, 0.4) is 0 Å². The molecular formula is C72H64P4Pd-4. The van der Waals surface area contributed by atoms with E-state index in [1.54, 1.807) is 0 Å². The summed E-state index contributed by atoms with van der Waals surface area (Å²) in [5.74, 6) is 0. The van der Waals surface area contributed by atoms with Crippen molar-refractivity contribution in [3.8, 4) is 0 Å². The van der Waals surface area contributed by atoms with Gasteiger partial charge in [-0.1, -0.05) is 0 Å². The van der Waals surface area contributed by atoms with Crippen LogP contribution in [0.2, 0.25) is 0 Å². The van der Waals surface area contributed by atoms with Gasteiger partial charge in [-0.3, -0.25) is 0 Å². The number of rotatable bonds is 16. The maximum absolute atomic E-state index is 4.52. The number of benzene rings is 12. The molecule has 12 rings (SSSR count). The zero-order valence-corrected chi connectivity index (χ0v) is 48.5. The Morgan fingerprint density at radius 1 is 0.117 bits per heavy atom. The van der Waals surface area contributed by atoms with Gasteiger partial charge in [-0.15, -0.1) is 0 Å². The standard InChI is InChI=1S/4C18H15P.Pd/c4*1-4-10-16(11-5-1)19(17-12-6-2-7-13-17)18-14-8-3-9-15-18;/h4*1-15H;/q;;;;-8/p+4. The molecule has 0 amide bonds. The zero-order valence-electron chi connectivity index (χ0n) is 43.0. The first-order chi connectivity index (χ1) is 38.3. The summed E-state index contributed by atoms with van der Waals surface area (Å²) in [6.45, 7) is 0. The molecule has 0 spiro atoms. The predicted molar refractivity (Wildman–Crippen MR) is 346 cm³/mol. The van der Waals surface area contributed by atoms with Crippen molar-refractivity contribution in [1.29, 1.82) is 0 Å². The van der Waals surface area contributed by atoms with Crippen molar-refractivity contribution in [3.05, 3.63) is 364 Å². The van der Waals surface area contributed by atoms with E-state index in [9.17, 15) is 0 Å². The van der Waals surface area contributed by atoms with E-state index in [1.165, 1.54) is 63.7 Å². The summed E-state index contributed by atoms with van der Waals surface area (Å²) in [5, 5.41) is 17.4. The molecule has 77 heavy (non-hydrogen) atoms. The third kappa shape index (κ3) is 7.99. The fourth-order valence-electron chi connectivity index (χ4n) is 12.6. The third-order valence-corrected chi connectivity index (χ3v) is 119. The third-order valence-electron chi connectivity index (χ3n) is 15.3. The Balaban J connectivity index is 1.64. The Bertz CT molecular complexity index is 2860. The van der Waals surface area contributed by atoms with E-state index < -0.39 is 35.4 Å². The minimum atomic E-state index is -4.52. The SMILES string of the molecule is c1ccc([PH](c2ccccc2)(c2ccccc2)[Pd-4]([PH](c2ccccc2)(c2ccccc2)c2ccccc2)([PH](c2ccccc2)(c2ccccc2)c2ccccc2)[PH](c2ccccc2)(c2ccccc2)c2ccccc2)cc1. The topological polar surface area (TPSA) is 0 Å². The monoisotopic (exact) mass is 1160 g/mol. The normalized spacial score (nSPS) is 14.0. The first-order valence-corrected chi connectivity index (χ1v) is 43.2. The molecule has 0 unspecified atom stereocenters. The van der Waals surface area contributed by atoms with Crippen molar-refractivity contribution >= 4 is 85.5 Å². The van der Waals surface area contributed by atoms with E-state index >= 15 is 0 Å².